The molecular weight excluding hydrogens is 444 g/mol. The molecule has 0 saturated carbocycles. The predicted molar refractivity (Wildman–Crippen MR) is 136 cm³/mol. The molecule has 2 N–H and O–H groups in total. The summed E-state index contributed by atoms with van der Waals surface area (Å²) in [4.78, 5) is 30.0. The van der Waals surface area contributed by atoms with E-state index in [9.17, 15) is 19.8 Å². The number of aliphatic hydroxyl groups is 1. The zero-order valence-corrected chi connectivity index (χ0v) is 21.2. The summed E-state index contributed by atoms with van der Waals surface area (Å²) in [6.45, 7) is 13.2. The van der Waals surface area contributed by atoms with Crippen molar-refractivity contribution in [1.82, 2.24) is 9.80 Å². The Morgan fingerprint density at radius 3 is 2.43 bits per heavy atom. The van der Waals surface area contributed by atoms with Gasteiger partial charge in [0.05, 0.1) is 18.2 Å². The van der Waals surface area contributed by atoms with E-state index in [0.29, 0.717) is 42.5 Å². The van der Waals surface area contributed by atoms with Crippen LogP contribution in [0.5, 0.6) is 11.5 Å². The van der Waals surface area contributed by atoms with Gasteiger partial charge in [0.15, 0.2) is 0 Å². The van der Waals surface area contributed by atoms with E-state index in [-0.39, 0.29) is 17.1 Å². The maximum absolute atomic E-state index is 13.2. The highest BCUT2D eigenvalue weighted by atomic mass is 16.5. The summed E-state index contributed by atoms with van der Waals surface area (Å²) in [5.74, 6) is -0.509. The average molecular weight is 481 g/mol. The van der Waals surface area contributed by atoms with Crippen molar-refractivity contribution in [3.05, 3.63) is 64.7 Å². The van der Waals surface area contributed by atoms with Crippen LogP contribution in [0.1, 0.15) is 50.4 Å². The molecule has 188 valence electrons. The van der Waals surface area contributed by atoms with Crippen LogP contribution in [0.25, 0.3) is 5.76 Å². The number of aromatic hydroxyl groups is 1. The van der Waals surface area contributed by atoms with E-state index in [2.05, 4.69) is 18.7 Å². The number of amides is 1. The monoisotopic (exact) mass is 480 g/mol. The van der Waals surface area contributed by atoms with Crippen LogP contribution in [-0.4, -0.2) is 64.5 Å². The highest BCUT2D eigenvalue weighted by Crippen LogP contribution is 2.40. The summed E-state index contributed by atoms with van der Waals surface area (Å²) in [6.07, 6.45) is 0. The number of likely N-dealkylation sites (tertiary alicyclic amines) is 1. The molecule has 1 heterocycles. The molecule has 1 atom stereocenters. The van der Waals surface area contributed by atoms with Crippen molar-refractivity contribution < 1.29 is 24.5 Å². The molecule has 0 aliphatic carbocycles. The molecule has 1 saturated heterocycles. The maximum Gasteiger partial charge on any atom is 0.295 e. The first-order valence-electron chi connectivity index (χ1n) is 12.2. The molecule has 1 aliphatic rings. The SMILES string of the molecule is CCN(CC)CCN1C(=O)C(=O)/C(=C(\O)c2ccc(OCC(C)C)c(C)c2)C1c1cccc(O)c1. The summed E-state index contributed by atoms with van der Waals surface area (Å²) in [5.41, 5.74) is 1.85. The van der Waals surface area contributed by atoms with Gasteiger partial charge in [-0.25, -0.2) is 0 Å². The van der Waals surface area contributed by atoms with E-state index < -0.39 is 17.7 Å². The number of aliphatic hydroxyl groups excluding tert-OH is 1. The fraction of sp³-hybridized carbons (Fsp3) is 0.429. The van der Waals surface area contributed by atoms with Crippen molar-refractivity contribution in [3.8, 4) is 11.5 Å². The number of phenols is 1. The Labute approximate surface area is 207 Å². The van der Waals surface area contributed by atoms with Gasteiger partial charge in [-0.1, -0.05) is 39.8 Å². The Hall–Kier alpha value is -3.32. The van der Waals surface area contributed by atoms with E-state index in [0.717, 1.165) is 18.7 Å². The highest BCUT2D eigenvalue weighted by molar-refractivity contribution is 6.46. The molecule has 1 fully saturated rings. The number of ketones is 1. The number of benzene rings is 2. The molecule has 0 bridgehead atoms. The molecule has 0 aromatic heterocycles. The lowest BCUT2D eigenvalue weighted by atomic mass is 9.94. The van der Waals surface area contributed by atoms with Crippen LogP contribution in [0.4, 0.5) is 0 Å². The Morgan fingerprint density at radius 2 is 1.83 bits per heavy atom. The number of likely N-dealkylation sites (N-methyl/N-ethyl adjacent to an activating group) is 1. The van der Waals surface area contributed by atoms with Gasteiger partial charge >= 0.3 is 0 Å². The summed E-state index contributed by atoms with van der Waals surface area (Å²) >= 11 is 0. The highest BCUT2D eigenvalue weighted by Gasteiger charge is 2.46. The van der Waals surface area contributed by atoms with Gasteiger partial charge in [-0.05, 0) is 67.4 Å². The molecule has 1 unspecified atom stereocenters. The first kappa shape index (κ1) is 26.3. The summed E-state index contributed by atoms with van der Waals surface area (Å²) in [7, 11) is 0. The van der Waals surface area contributed by atoms with Crippen LogP contribution in [0.3, 0.4) is 0 Å². The normalized spacial score (nSPS) is 17.6. The lowest BCUT2D eigenvalue weighted by Gasteiger charge is -2.28. The van der Waals surface area contributed by atoms with E-state index in [1.165, 1.54) is 17.0 Å². The van der Waals surface area contributed by atoms with Gasteiger partial charge in [0.2, 0.25) is 0 Å². The van der Waals surface area contributed by atoms with Crippen molar-refractivity contribution in [2.24, 2.45) is 5.92 Å². The third-order valence-corrected chi connectivity index (χ3v) is 6.30. The second kappa shape index (κ2) is 11.4. The topological polar surface area (TPSA) is 90.3 Å². The minimum absolute atomic E-state index is 0.0235. The van der Waals surface area contributed by atoms with Gasteiger partial charge in [0.25, 0.3) is 11.7 Å². The number of aryl methyl sites for hydroxylation is 1. The van der Waals surface area contributed by atoms with Crippen LogP contribution in [-0.2, 0) is 9.59 Å². The van der Waals surface area contributed by atoms with E-state index in [1.54, 1.807) is 30.3 Å². The minimum Gasteiger partial charge on any atom is -0.508 e. The minimum atomic E-state index is -0.796. The van der Waals surface area contributed by atoms with Crippen molar-refractivity contribution in [2.45, 2.75) is 40.7 Å². The molecule has 0 spiro atoms. The van der Waals surface area contributed by atoms with Crippen LogP contribution in [0.15, 0.2) is 48.0 Å². The Bertz CT molecular complexity index is 1100. The number of ether oxygens (including phenoxy) is 1. The van der Waals surface area contributed by atoms with Crippen molar-refractivity contribution in [3.63, 3.8) is 0 Å². The van der Waals surface area contributed by atoms with Gasteiger partial charge in [-0.2, -0.15) is 0 Å². The smallest absolute Gasteiger partial charge is 0.295 e. The van der Waals surface area contributed by atoms with Gasteiger partial charge < -0.3 is 24.7 Å². The van der Waals surface area contributed by atoms with Crippen LogP contribution in [0, 0.1) is 12.8 Å². The fourth-order valence-corrected chi connectivity index (χ4v) is 4.31. The van der Waals surface area contributed by atoms with Crippen LogP contribution < -0.4 is 4.74 Å². The quantitative estimate of drug-likeness (QED) is 0.296. The molecule has 7 heteroatoms. The first-order valence-corrected chi connectivity index (χ1v) is 12.2. The first-order chi connectivity index (χ1) is 16.7. The number of nitrogens with zero attached hydrogens (tertiary/aromatic N) is 2. The largest absolute Gasteiger partial charge is 0.508 e. The number of phenolic OH excluding ortho intramolecular Hbond substituents is 1. The Kier molecular flexibility index (Phi) is 8.57. The zero-order chi connectivity index (χ0) is 25.7. The number of carbonyl (C=O) groups is 2. The average Bonchev–Trinajstić information content (AvgIpc) is 3.08. The number of hydrogen-bond acceptors (Lipinski definition) is 6. The van der Waals surface area contributed by atoms with E-state index in [1.807, 2.05) is 20.8 Å². The lowest BCUT2D eigenvalue weighted by Crippen LogP contribution is -2.38. The Morgan fingerprint density at radius 1 is 1.11 bits per heavy atom. The number of carbonyl (C=O) groups excluding carboxylic acids is 2. The molecule has 2 aromatic carbocycles. The van der Waals surface area contributed by atoms with Gasteiger partial charge in [0, 0.05) is 18.7 Å². The number of rotatable bonds is 10. The number of Topliss-reactive ketones (excluding diaryl/α,β-unsaturated/α-hetero) is 1. The summed E-state index contributed by atoms with van der Waals surface area (Å²) < 4.78 is 5.83. The van der Waals surface area contributed by atoms with E-state index >= 15 is 0 Å². The molecule has 35 heavy (non-hydrogen) atoms. The predicted octanol–water partition coefficient (Wildman–Crippen LogP) is 4.50. The zero-order valence-electron chi connectivity index (χ0n) is 21.2. The van der Waals surface area contributed by atoms with Gasteiger partial charge in [-0.3, -0.25) is 9.59 Å². The fourth-order valence-electron chi connectivity index (χ4n) is 4.31. The summed E-state index contributed by atoms with van der Waals surface area (Å²) in [6, 6.07) is 10.9. The van der Waals surface area contributed by atoms with Gasteiger partial charge in [-0.15, -0.1) is 0 Å². The Balaban J connectivity index is 2.05. The van der Waals surface area contributed by atoms with Crippen LogP contribution >= 0.6 is 0 Å². The van der Waals surface area contributed by atoms with Crippen molar-refractivity contribution in [2.75, 3.05) is 32.8 Å². The molecule has 2 aromatic rings. The third kappa shape index (κ3) is 5.85. The molecule has 7 nitrogen and oxygen atoms in total. The second-order valence-electron chi connectivity index (χ2n) is 9.30. The van der Waals surface area contributed by atoms with Gasteiger partial charge in [0.1, 0.15) is 17.3 Å². The molecule has 0 radical (unpaired) electrons. The molecule has 3 rings (SSSR count). The lowest BCUT2D eigenvalue weighted by molar-refractivity contribution is -0.140. The van der Waals surface area contributed by atoms with Crippen LogP contribution in [0.2, 0.25) is 0 Å². The molecular formula is C28H36N2O5. The molecule has 1 aliphatic heterocycles. The third-order valence-electron chi connectivity index (χ3n) is 6.30. The maximum atomic E-state index is 13.2. The standard InChI is InChI=1S/C28H36N2O5/c1-6-29(7-2)13-14-30-25(20-9-8-10-22(31)16-20)24(27(33)28(30)34)26(32)21-11-12-23(19(5)15-21)35-17-18(3)4/h8-12,15-16,18,25,31-32H,6-7,13-14,17H2,1-5H3/b26-24-. The second-order valence-corrected chi connectivity index (χ2v) is 9.30. The molecule has 1 amide bonds. The number of hydrogen-bond donors (Lipinski definition) is 2. The van der Waals surface area contributed by atoms with Crippen molar-refractivity contribution in [1.29, 1.82) is 0 Å². The van der Waals surface area contributed by atoms with Crippen molar-refractivity contribution >= 4 is 17.4 Å². The van der Waals surface area contributed by atoms with E-state index in [4.69, 9.17) is 4.74 Å². The summed E-state index contributed by atoms with van der Waals surface area (Å²) in [5, 5.41) is 21.4.